The van der Waals surface area contributed by atoms with Crippen LogP contribution in [-0.4, -0.2) is 26.1 Å². The molecule has 1 unspecified atom stereocenters. The van der Waals surface area contributed by atoms with E-state index >= 15 is 0 Å². The minimum atomic E-state index is -0.0606. The number of benzene rings is 1. The molecule has 116 valence electrons. The van der Waals surface area contributed by atoms with E-state index in [9.17, 15) is 4.79 Å². The molecule has 0 spiro atoms. The summed E-state index contributed by atoms with van der Waals surface area (Å²) in [6, 6.07) is 6.60. The molecule has 4 heteroatoms. The zero-order valence-electron chi connectivity index (χ0n) is 13.2. The van der Waals surface area contributed by atoms with Crippen molar-refractivity contribution < 1.29 is 9.53 Å². The highest BCUT2D eigenvalue weighted by atomic mass is 16.5. The molecule has 0 heterocycles. The second-order valence-electron chi connectivity index (χ2n) is 6.08. The maximum absolute atomic E-state index is 11.7. The van der Waals surface area contributed by atoms with Crippen LogP contribution in [0.2, 0.25) is 0 Å². The highest BCUT2D eigenvalue weighted by molar-refractivity contribution is 5.77. The van der Waals surface area contributed by atoms with E-state index in [0.717, 1.165) is 12.2 Å². The molecular weight excluding hydrogens is 264 g/mol. The fraction of sp³-hybridized carbons (Fsp3) is 0.588. The lowest BCUT2D eigenvalue weighted by Crippen LogP contribution is -2.31. The quantitative estimate of drug-likeness (QED) is 0.846. The molecule has 0 bridgehead atoms. The van der Waals surface area contributed by atoms with Crippen molar-refractivity contribution in [3.63, 3.8) is 0 Å². The van der Waals surface area contributed by atoms with Gasteiger partial charge in [-0.15, -0.1) is 0 Å². The summed E-state index contributed by atoms with van der Waals surface area (Å²) in [4.78, 5) is 11.7. The number of fused-ring (bicyclic) bond motifs is 1. The second kappa shape index (κ2) is 7.46. The molecule has 2 N–H and O–H groups in total. The van der Waals surface area contributed by atoms with Crippen molar-refractivity contribution >= 4 is 5.91 Å². The predicted molar refractivity (Wildman–Crippen MR) is 84.5 cm³/mol. The largest absolute Gasteiger partial charge is 0.484 e. The molecule has 1 aliphatic carbocycles. The SMILES string of the molecule is CNC1CCCc2cc(OCC(=O)NCC(C)C)ccc21. The third-order valence-corrected chi connectivity index (χ3v) is 3.85. The maximum atomic E-state index is 11.7. The third kappa shape index (κ3) is 4.46. The summed E-state index contributed by atoms with van der Waals surface area (Å²) in [6.45, 7) is 4.92. The number of hydrogen-bond donors (Lipinski definition) is 2. The average Bonchev–Trinajstić information content (AvgIpc) is 2.49. The molecule has 4 nitrogen and oxygen atoms in total. The second-order valence-corrected chi connectivity index (χ2v) is 6.08. The van der Waals surface area contributed by atoms with Crippen LogP contribution < -0.4 is 15.4 Å². The Bertz CT molecular complexity index is 486. The number of carbonyl (C=O) groups excluding carboxylic acids is 1. The molecule has 0 fully saturated rings. The van der Waals surface area contributed by atoms with E-state index in [2.05, 4.69) is 36.6 Å². The van der Waals surface area contributed by atoms with Gasteiger partial charge in [-0.05, 0) is 55.5 Å². The number of nitrogens with one attached hydrogen (secondary N) is 2. The first kappa shape index (κ1) is 15.8. The molecule has 0 aromatic heterocycles. The number of aryl methyl sites for hydroxylation is 1. The topological polar surface area (TPSA) is 50.4 Å². The van der Waals surface area contributed by atoms with Gasteiger partial charge < -0.3 is 15.4 Å². The van der Waals surface area contributed by atoms with Crippen molar-refractivity contribution in [2.75, 3.05) is 20.2 Å². The molecule has 0 saturated carbocycles. The maximum Gasteiger partial charge on any atom is 0.257 e. The van der Waals surface area contributed by atoms with E-state index in [4.69, 9.17) is 4.74 Å². The lowest BCUT2D eigenvalue weighted by molar-refractivity contribution is -0.123. The summed E-state index contributed by atoms with van der Waals surface area (Å²) in [5.41, 5.74) is 2.70. The molecule has 0 radical (unpaired) electrons. The first-order chi connectivity index (χ1) is 10.1. The van der Waals surface area contributed by atoms with Crippen molar-refractivity contribution in [2.45, 2.75) is 39.2 Å². The molecule has 2 rings (SSSR count). The normalized spacial score (nSPS) is 17.4. The van der Waals surface area contributed by atoms with E-state index in [1.54, 1.807) is 0 Å². The zero-order valence-corrected chi connectivity index (χ0v) is 13.2. The summed E-state index contributed by atoms with van der Waals surface area (Å²) in [6.07, 6.45) is 3.46. The summed E-state index contributed by atoms with van der Waals surface area (Å²) in [5, 5.41) is 6.21. The van der Waals surface area contributed by atoms with Gasteiger partial charge in [0, 0.05) is 12.6 Å². The van der Waals surface area contributed by atoms with Gasteiger partial charge in [0.15, 0.2) is 6.61 Å². The van der Waals surface area contributed by atoms with Gasteiger partial charge in [0.25, 0.3) is 5.91 Å². The van der Waals surface area contributed by atoms with Gasteiger partial charge in [0.05, 0.1) is 0 Å². The Morgan fingerprint density at radius 1 is 1.43 bits per heavy atom. The van der Waals surface area contributed by atoms with Gasteiger partial charge in [-0.2, -0.15) is 0 Å². The van der Waals surface area contributed by atoms with Gasteiger partial charge in [-0.25, -0.2) is 0 Å². The molecule has 1 aromatic rings. The van der Waals surface area contributed by atoms with Gasteiger partial charge in [-0.1, -0.05) is 19.9 Å². The molecule has 1 atom stereocenters. The highest BCUT2D eigenvalue weighted by Crippen LogP contribution is 2.31. The van der Waals surface area contributed by atoms with Crippen molar-refractivity contribution in [1.29, 1.82) is 0 Å². The van der Waals surface area contributed by atoms with Crippen LogP contribution in [0.25, 0.3) is 0 Å². The smallest absolute Gasteiger partial charge is 0.257 e. The van der Waals surface area contributed by atoms with Crippen LogP contribution in [0.5, 0.6) is 5.75 Å². The summed E-state index contributed by atoms with van der Waals surface area (Å²) in [5.74, 6) is 1.18. The van der Waals surface area contributed by atoms with Crippen LogP contribution >= 0.6 is 0 Å². The van der Waals surface area contributed by atoms with E-state index < -0.39 is 0 Å². The monoisotopic (exact) mass is 290 g/mol. The van der Waals surface area contributed by atoms with Crippen LogP contribution in [0.15, 0.2) is 18.2 Å². The third-order valence-electron chi connectivity index (χ3n) is 3.85. The first-order valence-corrected chi connectivity index (χ1v) is 7.79. The fourth-order valence-corrected chi connectivity index (χ4v) is 2.70. The summed E-state index contributed by atoms with van der Waals surface area (Å²) in [7, 11) is 2.00. The van der Waals surface area contributed by atoms with Crippen LogP contribution in [-0.2, 0) is 11.2 Å². The Balaban J connectivity index is 1.92. The van der Waals surface area contributed by atoms with Gasteiger partial charge in [0.1, 0.15) is 5.75 Å². The molecule has 1 amide bonds. The minimum absolute atomic E-state index is 0.0606. The Kier molecular flexibility index (Phi) is 5.62. The molecule has 1 aliphatic rings. The predicted octanol–water partition coefficient (Wildman–Crippen LogP) is 2.43. The summed E-state index contributed by atoms with van der Waals surface area (Å²) < 4.78 is 5.60. The highest BCUT2D eigenvalue weighted by Gasteiger charge is 2.19. The van der Waals surface area contributed by atoms with E-state index in [0.29, 0.717) is 18.5 Å². The molecule has 1 aromatic carbocycles. The fourth-order valence-electron chi connectivity index (χ4n) is 2.70. The Morgan fingerprint density at radius 2 is 2.24 bits per heavy atom. The summed E-state index contributed by atoms with van der Waals surface area (Å²) >= 11 is 0. The van der Waals surface area contributed by atoms with E-state index in [1.807, 2.05) is 13.1 Å². The molecule has 21 heavy (non-hydrogen) atoms. The number of carbonyl (C=O) groups is 1. The van der Waals surface area contributed by atoms with Crippen molar-refractivity contribution in [1.82, 2.24) is 10.6 Å². The molecule has 0 saturated heterocycles. The van der Waals surface area contributed by atoms with Crippen LogP contribution in [0.1, 0.15) is 43.9 Å². The molecule has 0 aliphatic heterocycles. The first-order valence-electron chi connectivity index (χ1n) is 7.79. The number of ether oxygens (including phenoxy) is 1. The van der Waals surface area contributed by atoms with E-state index in [1.165, 1.54) is 24.0 Å². The van der Waals surface area contributed by atoms with Gasteiger partial charge >= 0.3 is 0 Å². The van der Waals surface area contributed by atoms with Crippen LogP contribution in [0, 0.1) is 5.92 Å². The Morgan fingerprint density at radius 3 is 2.95 bits per heavy atom. The Labute approximate surface area is 127 Å². The molecular formula is C17H26N2O2. The number of amides is 1. The van der Waals surface area contributed by atoms with E-state index in [-0.39, 0.29) is 12.5 Å². The zero-order chi connectivity index (χ0) is 15.2. The lowest BCUT2D eigenvalue weighted by atomic mass is 9.87. The van der Waals surface area contributed by atoms with Crippen molar-refractivity contribution in [2.24, 2.45) is 5.92 Å². The van der Waals surface area contributed by atoms with Crippen LogP contribution in [0.3, 0.4) is 0 Å². The Hall–Kier alpha value is -1.55. The van der Waals surface area contributed by atoms with Crippen LogP contribution in [0.4, 0.5) is 0 Å². The van der Waals surface area contributed by atoms with Gasteiger partial charge in [0.2, 0.25) is 0 Å². The number of rotatable bonds is 6. The van der Waals surface area contributed by atoms with Crippen molar-refractivity contribution in [3.8, 4) is 5.75 Å². The standard InChI is InChI=1S/C17H26N2O2/c1-12(2)10-19-17(20)11-21-14-7-8-15-13(9-14)5-4-6-16(15)18-3/h7-9,12,16,18H,4-6,10-11H2,1-3H3,(H,19,20). The average molecular weight is 290 g/mol. The number of hydrogen-bond acceptors (Lipinski definition) is 3. The lowest BCUT2D eigenvalue weighted by Gasteiger charge is -2.25. The van der Waals surface area contributed by atoms with Crippen molar-refractivity contribution in [3.05, 3.63) is 29.3 Å². The van der Waals surface area contributed by atoms with Gasteiger partial charge in [-0.3, -0.25) is 4.79 Å². The minimum Gasteiger partial charge on any atom is -0.484 e.